The van der Waals surface area contributed by atoms with E-state index in [2.05, 4.69) is 30.2 Å². The van der Waals surface area contributed by atoms with E-state index in [4.69, 9.17) is 9.47 Å². The lowest BCUT2D eigenvalue weighted by atomic mass is 9.84. The molecule has 1 saturated carbocycles. The van der Waals surface area contributed by atoms with Gasteiger partial charge in [-0.1, -0.05) is 26.0 Å². The summed E-state index contributed by atoms with van der Waals surface area (Å²) in [7, 11) is 0. The zero-order valence-electron chi connectivity index (χ0n) is 15.2. The Morgan fingerprint density at radius 1 is 1.23 bits per heavy atom. The van der Waals surface area contributed by atoms with Gasteiger partial charge in [0.1, 0.15) is 13.2 Å². The van der Waals surface area contributed by atoms with Gasteiger partial charge in [0.25, 0.3) is 0 Å². The molecule has 0 unspecified atom stereocenters. The van der Waals surface area contributed by atoms with Gasteiger partial charge < -0.3 is 14.8 Å². The van der Waals surface area contributed by atoms with Crippen LogP contribution in [0.3, 0.4) is 0 Å². The summed E-state index contributed by atoms with van der Waals surface area (Å²) in [6, 6.07) is 10.00. The van der Waals surface area contributed by atoms with Crippen molar-refractivity contribution in [3.63, 3.8) is 0 Å². The van der Waals surface area contributed by atoms with Crippen LogP contribution in [0.5, 0.6) is 11.5 Å². The third kappa shape index (κ3) is 3.39. The highest BCUT2D eigenvalue weighted by molar-refractivity contribution is 5.83. The lowest BCUT2D eigenvalue weighted by Crippen LogP contribution is -2.37. The Morgan fingerprint density at radius 3 is 2.81 bits per heavy atom. The molecular weight excluding hydrogens is 328 g/mol. The van der Waals surface area contributed by atoms with Crippen LogP contribution in [-0.4, -0.2) is 30.6 Å². The van der Waals surface area contributed by atoms with Gasteiger partial charge in [-0.25, -0.2) is 0 Å². The Morgan fingerprint density at radius 2 is 2.04 bits per heavy atom. The normalized spacial score (nSPS) is 21.2. The number of carbonyl (C=O) groups excluding carboxylic acids is 1. The molecule has 0 bridgehead atoms. The number of rotatable bonds is 5. The summed E-state index contributed by atoms with van der Waals surface area (Å²) in [5.41, 5.74) is 2.09. The highest BCUT2D eigenvalue weighted by Gasteiger charge is 2.44. The number of fused-ring (bicyclic) bond motifs is 1. The molecule has 1 aliphatic heterocycles. The Kier molecular flexibility index (Phi) is 4.31. The number of benzene rings is 1. The third-order valence-corrected chi connectivity index (χ3v) is 5.27. The van der Waals surface area contributed by atoms with E-state index in [1.54, 1.807) is 6.20 Å². The van der Waals surface area contributed by atoms with Gasteiger partial charge in [-0.05, 0) is 41.7 Å². The number of aromatic nitrogens is 1. The standard InChI is InChI=1S/C21H24N2O3/c1-21(2,15-5-6-18-19(10-15)26-9-8-25-18)13-23-20(24)17-11-16(17)14-4-3-7-22-12-14/h3-7,10,12,16-17H,8-9,11,13H2,1-2H3,(H,23,24)/t16-,17-/m0/s1. The summed E-state index contributed by atoms with van der Waals surface area (Å²) < 4.78 is 11.3. The van der Waals surface area contributed by atoms with Crippen LogP contribution in [0.2, 0.25) is 0 Å². The van der Waals surface area contributed by atoms with Crippen LogP contribution in [0.25, 0.3) is 0 Å². The first-order chi connectivity index (χ1) is 12.5. The molecule has 2 atom stereocenters. The molecular formula is C21H24N2O3. The first kappa shape index (κ1) is 16.9. The molecule has 26 heavy (non-hydrogen) atoms. The van der Waals surface area contributed by atoms with Crippen molar-refractivity contribution in [3.05, 3.63) is 53.9 Å². The summed E-state index contributed by atoms with van der Waals surface area (Å²) in [6.45, 7) is 6.01. The number of ether oxygens (including phenoxy) is 2. The van der Waals surface area contributed by atoms with E-state index < -0.39 is 0 Å². The maximum Gasteiger partial charge on any atom is 0.223 e. The molecule has 0 spiro atoms. The minimum Gasteiger partial charge on any atom is -0.486 e. The number of hydrogen-bond acceptors (Lipinski definition) is 4. The molecule has 0 radical (unpaired) electrons. The number of nitrogens with one attached hydrogen (secondary N) is 1. The fraction of sp³-hybridized carbons (Fsp3) is 0.429. The number of carbonyl (C=O) groups is 1. The first-order valence-corrected chi connectivity index (χ1v) is 9.12. The van der Waals surface area contributed by atoms with Crippen molar-refractivity contribution in [2.45, 2.75) is 31.6 Å². The number of hydrogen-bond donors (Lipinski definition) is 1. The molecule has 136 valence electrons. The van der Waals surface area contributed by atoms with Crippen LogP contribution in [0.4, 0.5) is 0 Å². The molecule has 1 fully saturated rings. The zero-order valence-corrected chi connectivity index (χ0v) is 15.2. The minimum atomic E-state index is -0.190. The second-order valence-electron chi connectivity index (χ2n) is 7.70. The second-order valence-corrected chi connectivity index (χ2v) is 7.70. The van der Waals surface area contributed by atoms with E-state index >= 15 is 0 Å². The lowest BCUT2D eigenvalue weighted by molar-refractivity contribution is -0.122. The van der Waals surface area contributed by atoms with Crippen LogP contribution in [0.15, 0.2) is 42.7 Å². The maximum absolute atomic E-state index is 12.5. The van der Waals surface area contributed by atoms with E-state index in [0.29, 0.717) is 25.7 Å². The molecule has 1 aliphatic carbocycles. The van der Waals surface area contributed by atoms with Crippen LogP contribution in [-0.2, 0) is 10.2 Å². The van der Waals surface area contributed by atoms with E-state index in [9.17, 15) is 4.79 Å². The van der Waals surface area contributed by atoms with Crippen LogP contribution >= 0.6 is 0 Å². The fourth-order valence-electron chi connectivity index (χ4n) is 3.45. The lowest BCUT2D eigenvalue weighted by Gasteiger charge is -2.28. The fourth-order valence-corrected chi connectivity index (χ4v) is 3.45. The second kappa shape index (κ2) is 6.63. The summed E-state index contributed by atoms with van der Waals surface area (Å²) in [5.74, 6) is 2.07. The highest BCUT2D eigenvalue weighted by atomic mass is 16.6. The molecule has 2 aliphatic rings. The molecule has 4 rings (SSSR count). The third-order valence-electron chi connectivity index (χ3n) is 5.27. The highest BCUT2D eigenvalue weighted by Crippen LogP contribution is 2.47. The van der Waals surface area contributed by atoms with Crippen LogP contribution in [0.1, 0.15) is 37.3 Å². The molecule has 1 aromatic heterocycles. The van der Waals surface area contributed by atoms with Gasteiger partial charge in [-0.15, -0.1) is 0 Å². The molecule has 2 heterocycles. The van der Waals surface area contributed by atoms with E-state index in [1.807, 2.05) is 30.5 Å². The molecule has 5 heteroatoms. The number of amides is 1. The van der Waals surface area contributed by atoms with E-state index in [-0.39, 0.29) is 17.2 Å². The van der Waals surface area contributed by atoms with Crippen molar-refractivity contribution in [2.75, 3.05) is 19.8 Å². The van der Waals surface area contributed by atoms with Crippen LogP contribution in [0, 0.1) is 5.92 Å². The molecule has 2 aromatic rings. The predicted octanol–water partition coefficient (Wildman–Crippen LogP) is 3.05. The monoisotopic (exact) mass is 352 g/mol. The Labute approximate surface area is 153 Å². The van der Waals surface area contributed by atoms with Crippen molar-refractivity contribution in [3.8, 4) is 11.5 Å². The topological polar surface area (TPSA) is 60.5 Å². The minimum absolute atomic E-state index is 0.0651. The SMILES string of the molecule is CC(C)(CNC(=O)[C@H]1C[C@H]1c1cccnc1)c1ccc2c(c1)OCCO2. The van der Waals surface area contributed by atoms with Gasteiger partial charge in [-0.3, -0.25) is 9.78 Å². The van der Waals surface area contributed by atoms with Gasteiger partial charge in [0, 0.05) is 30.3 Å². The van der Waals surface area contributed by atoms with E-state index in [1.165, 1.54) is 0 Å². The van der Waals surface area contributed by atoms with Crippen molar-refractivity contribution in [2.24, 2.45) is 5.92 Å². The molecule has 1 amide bonds. The summed E-state index contributed by atoms with van der Waals surface area (Å²) in [4.78, 5) is 16.7. The van der Waals surface area contributed by atoms with Crippen molar-refractivity contribution < 1.29 is 14.3 Å². The number of nitrogens with zero attached hydrogens (tertiary/aromatic N) is 1. The smallest absolute Gasteiger partial charge is 0.223 e. The molecule has 0 saturated heterocycles. The summed E-state index contributed by atoms with van der Waals surface area (Å²) in [5, 5.41) is 3.13. The number of pyridine rings is 1. The van der Waals surface area contributed by atoms with Crippen LogP contribution < -0.4 is 14.8 Å². The Balaban J connectivity index is 1.37. The van der Waals surface area contributed by atoms with Crippen molar-refractivity contribution in [1.29, 1.82) is 0 Å². The molecule has 5 nitrogen and oxygen atoms in total. The van der Waals surface area contributed by atoms with Gasteiger partial charge in [0.15, 0.2) is 11.5 Å². The van der Waals surface area contributed by atoms with E-state index in [0.717, 1.165) is 29.0 Å². The zero-order chi connectivity index (χ0) is 18.1. The average molecular weight is 352 g/mol. The van der Waals surface area contributed by atoms with Crippen molar-refractivity contribution >= 4 is 5.91 Å². The quantitative estimate of drug-likeness (QED) is 0.898. The van der Waals surface area contributed by atoms with Gasteiger partial charge in [-0.2, -0.15) is 0 Å². The molecule has 1 N–H and O–H groups in total. The average Bonchev–Trinajstić information content (AvgIpc) is 3.47. The van der Waals surface area contributed by atoms with Gasteiger partial charge in [0.05, 0.1) is 0 Å². The predicted molar refractivity (Wildman–Crippen MR) is 98.6 cm³/mol. The Hall–Kier alpha value is -2.56. The molecule has 1 aromatic carbocycles. The Bertz CT molecular complexity index is 804. The van der Waals surface area contributed by atoms with Gasteiger partial charge >= 0.3 is 0 Å². The first-order valence-electron chi connectivity index (χ1n) is 9.12. The van der Waals surface area contributed by atoms with Gasteiger partial charge in [0.2, 0.25) is 5.91 Å². The van der Waals surface area contributed by atoms with Crippen molar-refractivity contribution in [1.82, 2.24) is 10.3 Å². The summed E-state index contributed by atoms with van der Waals surface area (Å²) in [6.07, 6.45) is 4.52. The maximum atomic E-state index is 12.5. The summed E-state index contributed by atoms with van der Waals surface area (Å²) >= 11 is 0. The largest absolute Gasteiger partial charge is 0.486 e.